The number of allylic oxidation sites excluding steroid dienone is 3. The quantitative estimate of drug-likeness (QED) is 0.588. The maximum atomic E-state index is 9.85. The van der Waals surface area contributed by atoms with E-state index in [1.54, 1.807) is 6.08 Å². The van der Waals surface area contributed by atoms with Crippen LogP contribution in [0.3, 0.4) is 0 Å². The minimum absolute atomic E-state index is 0.761. The summed E-state index contributed by atoms with van der Waals surface area (Å²) in [5, 5.41) is 10.2. The largest absolute Gasteiger partial charge is 0.465 e. The molecule has 0 rings (SSSR count). The zero-order valence-corrected chi connectivity index (χ0v) is 5.87. The molecule has 3 nitrogen and oxygen atoms in total. The number of hydrogen-bond acceptors (Lipinski definition) is 1. The molecule has 0 heterocycles. The van der Waals surface area contributed by atoms with Crippen LogP contribution in [0.5, 0.6) is 0 Å². The number of rotatable bonds is 3. The van der Waals surface area contributed by atoms with Crippen LogP contribution in [0, 0.1) is 0 Å². The molecule has 10 heavy (non-hydrogen) atoms. The fourth-order valence-corrected chi connectivity index (χ4v) is 0.413. The van der Waals surface area contributed by atoms with Crippen molar-refractivity contribution in [1.82, 2.24) is 5.32 Å². The lowest BCUT2D eigenvalue weighted by atomic mass is 10.4. The third kappa shape index (κ3) is 6.75. The molecule has 0 aromatic heterocycles. The van der Waals surface area contributed by atoms with E-state index in [0.717, 1.165) is 6.42 Å². The van der Waals surface area contributed by atoms with Gasteiger partial charge in [0.1, 0.15) is 0 Å². The van der Waals surface area contributed by atoms with Crippen molar-refractivity contribution in [1.29, 1.82) is 0 Å². The maximum absolute atomic E-state index is 9.85. The first kappa shape index (κ1) is 8.75. The van der Waals surface area contributed by atoms with Gasteiger partial charge in [0.25, 0.3) is 0 Å². The van der Waals surface area contributed by atoms with Crippen LogP contribution < -0.4 is 5.32 Å². The summed E-state index contributed by atoms with van der Waals surface area (Å²) in [6.45, 7) is 1.92. The highest BCUT2D eigenvalue weighted by Gasteiger charge is 1.82. The van der Waals surface area contributed by atoms with Gasteiger partial charge in [0.05, 0.1) is 0 Å². The standard InChI is InChI=1S/C7H11NO2/c1-2-3-4-5-6-8-7(9)10/h2-3,5-6,8H,4H2,1H3,(H,9,10)/b3-2-,6-5-. The Balaban J connectivity index is 3.29. The van der Waals surface area contributed by atoms with E-state index in [1.165, 1.54) is 6.20 Å². The van der Waals surface area contributed by atoms with E-state index >= 15 is 0 Å². The minimum atomic E-state index is -1.03. The fourth-order valence-electron chi connectivity index (χ4n) is 0.413. The van der Waals surface area contributed by atoms with Crippen molar-refractivity contribution in [2.24, 2.45) is 0 Å². The highest BCUT2D eigenvalue weighted by atomic mass is 16.4. The van der Waals surface area contributed by atoms with Crippen molar-refractivity contribution in [3.63, 3.8) is 0 Å². The lowest BCUT2D eigenvalue weighted by Crippen LogP contribution is -2.12. The van der Waals surface area contributed by atoms with Gasteiger partial charge in [0.15, 0.2) is 0 Å². The van der Waals surface area contributed by atoms with Crippen LogP contribution in [0.25, 0.3) is 0 Å². The Morgan fingerprint density at radius 1 is 1.60 bits per heavy atom. The first-order chi connectivity index (χ1) is 4.77. The third-order valence-electron chi connectivity index (χ3n) is 0.833. The van der Waals surface area contributed by atoms with Crippen LogP contribution in [0.1, 0.15) is 13.3 Å². The smallest absolute Gasteiger partial charge is 0.408 e. The summed E-state index contributed by atoms with van der Waals surface area (Å²) in [6, 6.07) is 0. The Hall–Kier alpha value is -1.25. The van der Waals surface area contributed by atoms with Gasteiger partial charge in [0, 0.05) is 6.20 Å². The van der Waals surface area contributed by atoms with Gasteiger partial charge in [-0.25, -0.2) is 4.79 Å². The second kappa shape index (κ2) is 5.88. The molecule has 0 aromatic carbocycles. The van der Waals surface area contributed by atoms with Crippen LogP contribution >= 0.6 is 0 Å². The molecule has 0 atom stereocenters. The average molecular weight is 141 g/mol. The van der Waals surface area contributed by atoms with Gasteiger partial charge < -0.3 is 5.11 Å². The van der Waals surface area contributed by atoms with Crippen molar-refractivity contribution in [2.75, 3.05) is 0 Å². The molecule has 0 aliphatic rings. The summed E-state index contributed by atoms with van der Waals surface area (Å²) < 4.78 is 0. The molecule has 1 amide bonds. The molecule has 0 saturated heterocycles. The van der Waals surface area contributed by atoms with Crippen molar-refractivity contribution in [3.8, 4) is 0 Å². The Labute approximate surface area is 60.1 Å². The molecule has 0 radical (unpaired) electrons. The molecule has 0 aliphatic heterocycles. The Bertz CT molecular complexity index is 150. The van der Waals surface area contributed by atoms with E-state index in [9.17, 15) is 4.79 Å². The van der Waals surface area contributed by atoms with Crippen LogP contribution in [0.15, 0.2) is 24.4 Å². The van der Waals surface area contributed by atoms with Gasteiger partial charge in [-0.3, -0.25) is 5.32 Å². The number of carbonyl (C=O) groups is 1. The third-order valence-corrected chi connectivity index (χ3v) is 0.833. The summed E-state index contributed by atoms with van der Waals surface area (Å²) in [6.07, 6.45) is 6.70. The number of hydrogen-bond donors (Lipinski definition) is 2. The van der Waals surface area contributed by atoms with E-state index in [2.05, 4.69) is 5.32 Å². The number of amides is 1. The van der Waals surface area contributed by atoms with Gasteiger partial charge >= 0.3 is 6.09 Å². The van der Waals surface area contributed by atoms with Gasteiger partial charge in [-0.05, 0) is 13.3 Å². The molecule has 0 spiro atoms. The summed E-state index contributed by atoms with van der Waals surface area (Å²) in [4.78, 5) is 9.85. The molecule has 3 heteroatoms. The van der Waals surface area contributed by atoms with Crippen LogP contribution in [0.2, 0.25) is 0 Å². The van der Waals surface area contributed by atoms with Crippen molar-refractivity contribution < 1.29 is 9.90 Å². The zero-order chi connectivity index (χ0) is 7.82. The number of carboxylic acid groups (broad SMARTS) is 1. The van der Waals surface area contributed by atoms with Gasteiger partial charge in [0.2, 0.25) is 0 Å². The van der Waals surface area contributed by atoms with Crippen molar-refractivity contribution >= 4 is 6.09 Å². The van der Waals surface area contributed by atoms with Crippen LogP contribution in [-0.2, 0) is 0 Å². The molecule has 0 unspecified atom stereocenters. The van der Waals surface area contributed by atoms with E-state index in [4.69, 9.17) is 5.11 Å². The molecule has 0 fully saturated rings. The lowest BCUT2D eigenvalue weighted by Gasteiger charge is -1.86. The highest BCUT2D eigenvalue weighted by molar-refractivity contribution is 5.65. The second-order valence-electron chi connectivity index (χ2n) is 1.66. The van der Waals surface area contributed by atoms with Crippen LogP contribution in [0.4, 0.5) is 4.79 Å². The molecule has 0 saturated carbocycles. The summed E-state index contributed by atoms with van der Waals surface area (Å²) in [5.41, 5.74) is 0. The molecule has 0 bridgehead atoms. The van der Waals surface area contributed by atoms with Crippen molar-refractivity contribution in [3.05, 3.63) is 24.4 Å². The molecular weight excluding hydrogens is 130 g/mol. The Kier molecular flexibility index (Phi) is 5.14. The summed E-state index contributed by atoms with van der Waals surface area (Å²) in [5.74, 6) is 0. The van der Waals surface area contributed by atoms with Gasteiger partial charge in [-0.2, -0.15) is 0 Å². The van der Waals surface area contributed by atoms with E-state index in [1.807, 2.05) is 19.1 Å². The summed E-state index contributed by atoms with van der Waals surface area (Å²) in [7, 11) is 0. The van der Waals surface area contributed by atoms with Gasteiger partial charge in [-0.15, -0.1) is 0 Å². The second-order valence-corrected chi connectivity index (χ2v) is 1.66. The lowest BCUT2D eigenvalue weighted by molar-refractivity contribution is 0.198. The Morgan fingerprint density at radius 3 is 2.80 bits per heavy atom. The normalized spacial score (nSPS) is 10.9. The van der Waals surface area contributed by atoms with Gasteiger partial charge in [-0.1, -0.05) is 18.2 Å². The average Bonchev–Trinajstić information content (AvgIpc) is 1.87. The topological polar surface area (TPSA) is 49.3 Å². The molecule has 2 N–H and O–H groups in total. The van der Waals surface area contributed by atoms with E-state index in [0.29, 0.717) is 0 Å². The fraction of sp³-hybridized carbons (Fsp3) is 0.286. The van der Waals surface area contributed by atoms with Crippen LogP contribution in [-0.4, -0.2) is 11.2 Å². The zero-order valence-electron chi connectivity index (χ0n) is 5.87. The minimum Gasteiger partial charge on any atom is -0.465 e. The first-order valence-electron chi connectivity index (χ1n) is 3.03. The molecular formula is C7H11NO2. The molecule has 0 aliphatic carbocycles. The summed E-state index contributed by atoms with van der Waals surface area (Å²) >= 11 is 0. The molecule has 56 valence electrons. The first-order valence-corrected chi connectivity index (χ1v) is 3.03. The van der Waals surface area contributed by atoms with E-state index < -0.39 is 6.09 Å². The SMILES string of the molecule is C/C=C\C/C=C\NC(=O)O. The molecule has 0 aromatic rings. The Morgan fingerprint density at radius 2 is 2.30 bits per heavy atom. The number of nitrogens with one attached hydrogen (secondary N) is 1. The maximum Gasteiger partial charge on any atom is 0.408 e. The predicted molar refractivity (Wildman–Crippen MR) is 39.7 cm³/mol. The highest BCUT2D eigenvalue weighted by Crippen LogP contribution is 1.82. The van der Waals surface area contributed by atoms with E-state index in [-0.39, 0.29) is 0 Å². The predicted octanol–water partition coefficient (Wildman–Crippen LogP) is 1.73. The monoisotopic (exact) mass is 141 g/mol. The van der Waals surface area contributed by atoms with Crippen molar-refractivity contribution in [2.45, 2.75) is 13.3 Å².